The van der Waals surface area contributed by atoms with Gasteiger partial charge < -0.3 is 10.3 Å². The first-order chi connectivity index (χ1) is 9.31. The quantitative estimate of drug-likeness (QED) is 0.744. The van der Waals surface area contributed by atoms with Crippen molar-refractivity contribution < 1.29 is 0 Å². The van der Waals surface area contributed by atoms with Crippen molar-refractivity contribution in [3.05, 3.63) is 59.9 Å². The SMILES string of the molecule is Cc1ccc2nc(CCNc3ccccc3)[nH]c2c1. The summed E-state index contributed by atoms with van der Waals surface area (Å²) in [6, 6.07) is 16.5. The van der Waals surface area contributed by atoms with Crippen LogP contribution in [-0.2, 0) is 6.42 Å². The monoisotopic (exact) mass is 251 g/mol. The molecule has 0 saturated heterocycles. The van der Waals surface area contributed by atoms with Crippen LogP contribution in [0.15, 0.2) is 48.5 Å². The van der Waals surface area contributed by atoms with Gasteiger partial charge in [0, 0.05) is 18.7 Å². The molecule has 0 aliphatic carbocycles. The minimum Gasteiger partial charge on any atom is -0.385 e. The highest BCUT2D eigenvalue weighted by molar-refractivity contribution is 5.75. The highest BCUT2D eigenvalue weighted by Gasteiger charge is 2.02. The van der Waals surface area contributed by atoms with E-state index in [1.54, 1.807) is 0 Å². The Bertz CT molecular complexity index is 671. The maximum absolute atomic E-state index is 4.59. The third kappa shape index (κ3) is 2.76. The summed E-state index contributed by atoms with van der Waals surface area (Å²) in [5.74, 6) is 1.03. The molecular formula is C16H17N3. The Morgan fingerprint density at radius 3 is 2.79 bits per heavy atom. The van der Waals surface area contributed by atoms with Crippen molar-refractivity contribution >= 4 is 16.7 Å². The number of fused-ring (bicyclic) bond motifs is 1. The van der Waals surface area contributed by atoms with E-state index in [9.17, 15) is 0 Å². The molecule has 19 heavy (non-hydrogen) atoms. The first-order valence-electron chi connectivity index (χ1n) is 6.55. The standard InChI is InChI=1S/C16H17N3/c1-12-7-8-14-15(11-12)19-16(18-14)9-10-17-13-5-3-2-4-6-13/h2-8,11,17H,9-10H2,1H3,(H,18,19). The van der Waals surface area contributed by atoms with Crippen molar-refractivity contribution in [1.82, 2.24) is 9.97 Å². The van der Waals surface area contributed by atoms with E-state index in [2.05, 4.69) is 52.5 Å². The average molecular weight is 251 g/mol. The summed E-state index contributed by atoms with van der Waals surface area (Å²) in [7, 11) is 0. The summed E-state index contributed by atoms with van der Waals surface area (Å²) >= 11 is 0. The topological polar surface area (TPSA) is 40.7 Å². The first-order valence-corrected chi connectivity index (χ1v) is 6.55. The number of hydrogen-bond acceptors (Lipinski definition) is 2. The molecule has 2 aromatic carbocycles. The van der Waals surface area contributed by atoms with Crippen LogP contribution in [0.1, 0.15) is 11.4 Å². The lowest BCUT2D eigenvalue weighted by Gasteiger charge is -2.03. The van der Waals surface area contributed by atoms with E-state index in [0.717, 1.165) is 35.5 Å². The van der Waals surface area contributed by atoms with Crippen LogP contribution >= 0.6 is 0 Å². The first kappa shape index (κ1) is 11.8. The number of aromatic nitrogens is 2. The van der Waals surface area contributed by atoms with Gasteiger partial charge in [-0.3, -0.25) is 0 Å². The predicted molar refractivity (Wildman–Crippen MR) is 79.5 cm³/mol. The van der Waals surface area contributed by atoms with Crippen LogP contribution in [0.25, 0.3) is 11.0 Å². The van der Waals surface area contributed by atoms with E-state index in [0.29, 0.717) is 0 Å². The Morgan fingerprint density at radius 2 is 1.95 bits per heavy atom. The molecule has 96 valence electrons. The molecule has 0 spiro atoms. The van der Waals surface area contributed by atoms with Crippen molar-refractivity contribution in [2.24, 2.45) is 0 Å². The minimum atomic E-state index is 0.878. The number of anilines is 1. The number of benzene rings is 2. The van der Waals surface area contributed by atoms with Crippen molar-refractivity contribution in [2.75, 3.05) is 11.9 Å². The lowest BCUT2D eigenvalue weighted by molar-refractivity contribution is 0.934. The highest BCUT2D eigenvalue weighted by atomic mass is 14.9. The number of nitrogens with one attached hydrogen (secondary N) is 2. The van der Waals surface area contributed by atoms with E-state index in [1.165, 1.54) is 5.56 Å². The summed E-state index contributed by atoms with van der Waals surface area (Å²) in [6.07, 6.45) is 0.891. The second-order valence-corrected chi connectivity index (χ2v) is 4.75. The summed E-state index contributed by atoms with van der Waals surface area (Å²) in [6.45, 7) is 2.97. The Labute approximate surface area is 112 Å². The zero-order valence-corrected chi connectivity index (χ0v) is 11.0. The number of rotatable bonds is 4. The van der Waals surface area contributed by atoms with Gasteiger partial charge in [0.05, 0.1) is 11.0 Å². The van der Waals surface area contributed by atoms with E-state index in [4.69, 9.17) is 0 Å². The van der Waals surface area contributed by atoms with Crippen LogP contribution in [0.5, 0.6) is 0 Å². The summed E-state index contributed by atoms with van der Waals surface area (Å²) in [5, 5.41) is 3.39. The molecule has 0 radical (unpaired) electrons. The van der Waals surface area contributed by atoms with Crippen LogP contribution < -0.4 is 5.32 Å². The lowest BCUT2D eigenvalue weighted by atomic mass is 10.2. The Morgan fingerprint density at radius 1 is 1.11 bits per heavy atom. The Balaban J connectivity index is 1.65. The molecule has 3 aromatic rings. The molecule has 1 aromatic heterocycles. The Hall–Kier alpha value is -2.29. The molecule has 0 amide bonds. The normalized spacial score (nSPS) is 10.8. The number of H-pyrrole nitrogens is 1. The van der Waals surface area contributed by atoms with E-state index in [1.807, 2.05) is 18.2 Å². The van der Waals surface area contributed by atoms with Gasteiger partial charge in [-0.1, -0.05) is 24.3 Å². The number of aromatic amines is 1. The second kappa shape index (κ2) is 5.14. The molecule has 0 bridgehead atoms. The van der Waals surface area contributed by atoms with Crippen molar-refractivity contribution in [3.63, 3.8) is 0 Å². The van der Waals surface area contributed by atoms with E-state index >= 15 is 0 Å². The lowest BCUT2D eigenvalue weighted by Crippen LogP contribution is -2.05. The van der Waals surface area contributed by atoms with Gasteiger partial charge in [0.15, 0.2) is 0 Å². The van der Waals surface area contributed by atoms with Crippen molar-refractivity contribution in [1.29, 1.82) is 0 Å². The summed E-state index contributed by atoms with van der Waals surface area (Å²) in [5.41, 5.74) is 4.56. The van der Waals surface area contributed by atoms with Gasteiger partial charge >= 0.3 is 0 Å². The zero-order valence-electron chi connectivity index (χ0n) is 11.0. The van der Waals surface area contributed by atoms with Crippen LogP contribution in [0.2, 0.25) is 0 Å². The van der Waals surface area contributed by atoms with Crippen LogP contribution in [-0.4, -0.2) is 16.5 Å². The largest absolute Gasteiger partial charge is 0.385 e. The molecule has 0 saturated carbocycles. The molecule has 0 aliphatic heterocycles. The fourth-order valence-corrected chi connectivity index (χ4v) is 2.18. The van der Waals surface area contributed by atoms with Crippen LogP contribution in [0.4, 0.5) is 5.69 Å². The molecule has 2 N–H and O–H groups in total. The van der Waals surface area contributed by atoms with Gasteiger partial charge in [0.25, 0.3) is 0 Å². The van der Waals surface area contributed by atoms with E-state index in [-0.39, 0.29) is 0 Å². The van der Waals surface area contributed by atoms with Gasteiger partial charge in [-0.2, -0.15) is 0 Å². The molecule has 0 fully saturated rings. The third-order valence-electron chi connectivity index (χ3n) is 3.15. The van der Waals surface area contributed by atoms with Crippen molar-refractivity contribution in [3.8, 4) is 0 Å². The van der Waals surface area contributed by atoms with Gasteiger partial charge in [0.1, 0.15) is 5.82 Å². The number of imidazole rings is 1. The number of aryl methyl sites for hydroxylation is 1. The second-order valence-electron chi connectivity index (χ2n) is 4.75. The van der Waals surface area contributed by atoms with E-state index < -0.39 is 0 Å². The molecule has 0 atom stereocenters. The number of para-hydroxylation sites is 1. The fraction of sp³-hybridized carbons (Fsp3) is 0.188. The molecule has 0 unspecified atom stereocenters. The van der Waals surface area contributed by atoms with Gasteiger partial charge in [-0.15, -0.1) is 0 Å². The smallest absolute Gasteiger partial charge is 0.108 e. The van der Waals surface area contributed by atoms with Crippen LogP contribution in [0.3, 0.4) is 0 Å². The maximum atomic E-state index is 4.59. The number of nitrogens with zero attached hydrogens (tertiary/aromatic N) is 1. The van der Waals surface area contributed by atoms with Crippen molar-refractivity contribution in [2.45, 2.75) is 13.3 Å². The molecule has 3 rings (SSSR count). The molecular weight excluding hydrogens is 234 g/mol. The molecule has 0 aliphatic rings. The molecule has 3 heteroatoms. The minimum absolute atomic E-state index is 0.878. The fourth-order valence-electron chi connectivity index (χ4n) is 2.18. The summed E-state index contributed by atoms with van der Waals surface area (Å²) < 4.78 is 0. The molecule has 1 heterocycles. The average Bonchev–Trinajstić information content (AvgIpc) is 2.82. The summed E-state index contributed by atoms with van der Waals surface area (Å²) in [4.78, 5) is 7.96. The van der Waals surface area contributed by atoms with Gasteiger partial charge in [-0.05, 0) is 36.8 Å². The third-order valence-corrected chi connectivity index (χ3v) is 3.15. The number of hydrogen-bond donors (Lipinski definition) is 2. The molecule has 3 nitrogen and oxygen atoms in total. The van der Waals surface area contributed by atoms with Crippen LogP contribution in [0, 0.1) is 6.92 Å². The predicted octanol–water partition coefficient (Wildman–Crippen LogP) is 3.53. The maximum Gasteiger partial charge on any atom is 0.108 e. The van der Waals surface area contributed by atoms with Gasteiger partial charge in [-0.25, -0.2) is 4.98 Å². The zero-order chi connectivity index (χ0) is 13.1. The van der Waals surface area contributed by atoms with Gasteiger partial charge in [0.2, 0.25) is 0 Å². The Kier molecular flexibility index (Phi) is 3.19. The highest BCUT2D eigenvalue weighted by Crippen LogP contribution is 2.13.